The number of benzene rings is 1. The molecule has 0 aliphatic carbocycles. The minimum atomic E-state index is -0.202. The summed E-state index contributed by atoms with van der Waals surface area (Å²) in [6, 6.07) is 6.68. The summed E-state index contributed by atoms with van der Waals surface area (Å²) in [6.45, 7) is 3.87. The molecule has 1 unspecified atom stereocenters. The van der Waals surface area contributed by atoms with Crippen LogP contribution in [0.1, 0.15) is 17.9 Å². The molecule has 0 spiro atoms. The molecule has 1 rings (SSSR count). The molecule has 1 atom stereocenters. The van der Waals surface area contributed by atoms with Crippen LogP contribution in [0.3, 0.4) is 0 Å². The van der Waals surface area contributed by atoms with Crippen molar-refractivity contribution in [3.63, 3.8) is 0 Å². The number of ether oxygens (including phenoxy) is 3. The lowest BCUT2D eigenvalue weighted by Gasteiger charge is -2.17. The first-order valence-electron chi connectivity index (χ1n) is 7.32. The fraction of sp³-hybridized carbons (Fsp3) is 0.625. The van der Waals surface area contributed by atoms with E-state index in [-0.39, 0.29) is 5.82 Å². The van der Waals surface area contributed by atoms with E-state index in [1.54, 1.807) is 7.11 Å². The summed E-state index contributed by atoms with van der Waals surface area (Å²) in [5.74, 6) is 0.122. The number of hydrogen-bond acceptors (Lipinski definition) is 4. The molecule has 1 aromatic carbocycles. The van der Waals surface area contributed by atoms with Gasteiger partial charge in [-0.05, 0) is 37.1 Å². The van der Waals surface area contributed by atoms with Gasteiger partial charge in [0.2, 0.25) is 0 Å². The maximum Gasteiger partial charge on any atom is 0.123 e. The molecule has 0 fully saturated rings. The molecule has 21 heavy (non-hydrogen) atoms. The summed E-state index contributed by atoms with van der Waals surface area (Å²) in [4.78, 5) is 0. The zero-order chi connectivity index (χ0) is 15.3. The molecule has 0 aromatic heterocycles. The summed E-state index contributed by atoms with van der Waals surface area (Å²) >= 11 is 0. The van der Waals surface area contributed by atoms with Gasteiger partial charge in [-0.25, -0.2) is 4.39 Å². The number of halogens is 1. The number of methoxy groups -OCH3 is 1. The Kier molecular flexibility index (Phi) is 9.99. The molecule has 1 N–H and O–H groups in total. The van der Waals surface area contributed by atoms with Crippen LogP contribution >= 0.6 is 0 Å². The summed E-state index contributed by atoms with van der Waals surface area (Å²) in [7, 11) is 3.57. The first-order chi connectivity index (χ1) is 10.3. The van der Waals surface area contributed by atoms with Crippen molar-refractivity contribution in [2.24, 2.45) is 0 Å². The minimum absolute atomic E-state index is 0.202. The third-order valence-corrected chi connectivity index (χ3v) is 3.21. The highest BCUT2D eigenvalue weighted by Crippen LogP contribution is 2.19. The lowest BCUT2D eigenvalue weighted by Crippen LogP contribution is -2.19. The Morgan fingerprint density at radius 2 is 1.62 bits per heavy atom. The third-order valence-electron chi connectivity index (χ3n) is 3.21. The molecule has 0 aliphatic heterocycles. The van der Waals surface area contributed by atoms with Gasteiger partial charge in [0.05, 0.1) is 26.4 Å². The summed E-state index contributed by atoms with van der Waals surface area (Å²) < 4.78 is 28.7. The molecular weight excluding hydrogens is 273 g/mol. The normalized spacial score (nSPS) is 12.5. The van der Waals surface area contributed by atoms with Crippen LogP contribution in [0.25, 0.3) is 0 Å². The second-order valence-electron chi connectivity index (χ2n) is 4.81. The van der Waals surface area contributed by atoms with Crippen LogP contribution in [-0.4, -0.2) is 53.7 Å². The molecule has 0 heterocycles. The molecule has 1 aromatic rings. The van der Waals surface area contributed by atoms with E-state index in [2.05, 4.69) is 5.32 Å². The van der Waals surface area contributed by atoms with Gasteiger partial charge < -0.3 is 19.5 Å². The van der Waals surface area contributed by atoms with E-state index in [4.69, 9.17) is 14.2 Å². The maximum absolute atomic E-state index is 13.0. The van der Waals surface area contributed by atoms with Crippen molar-refractivity contribution in [2.45, 2.75) is 12.3 Å². The van der Waals surface area contributed by atoms with Crippen molar-refractivity contribution in [2.75, 3.05) is 53.7 Å². The van der Waals surface area contributed by atoms with Gasteiger partial charge in [0.25, 0.3) is 0 Å². The second-order valence-corrected chi connectivity index (χ2v) is 4.81. The molecular formula is C16H26FNO3. The lowest BCUT2D eigenvalue weighted by atomic mass is 9.96. The van der Waals surface area contributed by atoms with Crippen molar-refractivity contribution in [3.8, 4) is 0 Å². The monoisotopic (exact) mass is 299 g/mol. The fourth-order valence-corrected chi connectivity index (χ4v) is 2.06. The van der Waals surface area contributed by atoms with E-state index in [1.807, 2.05) is 19.2 Å². The Bertz CT molecular complexity index is 359. The summed E-state index contributed by atoms with van der Waals surface area (Å²) in [5, 5.41) is 3.17. The van der Waals surface area contributed by atoms with Crippen LogP contribution in [0, 0.1) is 5.82 Å². The number of nitrogens with one attached hydrogen (secondary N) is 1. The van der Waals surface area contributed by atoms with Crippen LogP contribution in [0.2, 0.25) is 0 Å². The predicted molar refractivity (Wildman–Crippen MR) is 81.2 cm³/mol. The molecule has 0 aliphatic rings. The zero-order valence-electron chi connectivity index (χ0n) is 12.9. The van der Waals surface area contributed by atoms with Gasteiger partial charge in [-0.3, -0.25) is 0 Å². The Morgan fingerprint density at radius 3 is 2.24 bits per heavy atom. The van der Waals surface area contributed by atoms with Crippen molar-refractivity contribution < 1.29 is 18.6 Å². The smallest absolute Gasteiger partial charge is 0.123 e. The van der Waals surface area contributed by atoms with Crippen molar-refractivity contribution in [1.82, 2.24) is 5.32 Å². The van der Waals surface area contributed by atoms with Gasteiger partial charge in [0, 0.05) is 20.3 Å². The molecule has 0 radical (unpaired) electrons. The number of likely N-dealkylation sites (N-methyl/N-ethyl adjacent to an activating group) is 1. The Morgan fingerprint density at radius 1 is 1.00 bits per heavy atom. The lowest BCUT2D eigenvalue weighted by molar-refractivity contribution is 0.0233. The highest BCUT2D eigenvalue weighted by molar-refractivity contribution is 5.20. The van der Waals surface area contributed by atoms with Gasteiger partial charge in [-0.15, -0.1) is 0 Å². The Hall–Kier alpha value is -1.01. The van der Waals surface area contributed by atoms with Gasteiger partial charge in [0.1, 0.15) is 5.82 Å². The number of rotatable bonds is 12. The van der Waals surface area contributed by atoms with E-state index in [0.717, 1.165) is 18.5 Å². The molecule has 0 saturated heterocycles. The van der Waals surface area contributed by atoms with Crippen LogP contribution < -0.4 is 5.32 Å². The van der Waals surface area contributed by atoms with Crippen LogP contribution in [0.4, 0.5) is 4.39 Å². The minimum Gasteiger partial charge on any atom is -0.382 e. The van der Waals surface area contributed by atoms with Crippen LogP contribution in [-0.2, 0) is 14.2 Å². The molecule has 5 heteroatoms. The van der Waals surface area contributed by atoms with Crippen molar-refractivity contribution in [1.29, 1.82) is 0 Å². The first kappa shape index (κ1) is 18.0. The van der Waals surface area contributed by atoms with E-state index >= 15 is 0 Å². The quantitative estimate of drug-likeness (QED) is 0.601. The topological polar surface area (TPSA) is 39.7 Å². The largest absolute Gasteiger partial charge is 0.382 e. The average Bonchev–Trinajstić information content (AvgIpc) is 2.50. The van der Waals surface area contributed by atoms with Crippen LogP contribution in [0.15, 0.2) is 24.3 Å². The SMILES string of the molecule is CNCC(CCOCCOCCOC)c1ccc(F)cc1. The average molecular weight is 299 g/mol. The van der Waals surface area contributed by atoms with E-state index in [9.17, 15) is 4.39 Å². The maximum atomic E-state index is 13.0. The van der Waals surface area contributed by atoms with Gasteiger partial charge in [-0.1, -0.05) is 12.1 Å². The standard InChI is InChI=1S/C16H26FNO3/c1-18-13-15(14-3-5-16(17)6-4-14)7-8-20-11-12-21-10-9-19-2/h3-6,15,18H,7-13H2,1-2H3. The van der Waals surface area contributed by atoms with E-state index in [0.29, 0.717) is 39.0 Å². The highest BCUT2D eigenvalue weighted by Gasteiger charge is 2.10. The third kappa shape index (κ3) is 8.12. The molecule has 120 valence electrons. The number of hydrogen-bond donors (Lipinski definition) is 1. The van der Waals surface area contributed by atoms with Gasteiger partial charge in [-0.2, -0.15) is 0 Å². The summed E-state index contributed by atoms with van der Waals surface area (Å²) in [6.07, 6.45) is 0.893. The Balaban J connectivity index is 2.21. The van der Waals surface area contributed by atoms with Gasteiger partial charge in [0.15, 0.2) is 0 Å². The van der Waals surface area contributed by atoms with Crippen molar-refractivity contribution >= 4 is 0 Å². The fourth-order valence-electron chi connectivity index (χ4n) is 2.06. The molecule has 0 saturated carbocycles. The first-order valence-corrected chi connectivity index (χ1v) is 7.32. The highest BCUT2D eigenvalue weighted by atomic mass is 19.1. The Labute approximate surface area is 126 Å². The second kappa shape index (κ2) is 11.6. The zero-order valence-corrected chi connectivity index (χ0v) is 12.9. The molecule has 4 nitrogen and oxygen atoms in total. The molecule has 0 amide bonds. The van der Waals surface area contributed by atoms with Crippen molar-refractivity contribution in [3.05, 3.63) is 35.6 Å². The van der Waals surface area contributed by atoms with E-state index in [1.165, 1.54) is 12.1 Å². The molecule has 0 bridgehead atoms. The summed E-state index contributed by atoms with van der Waals surface area (Å²) in [5.41, 5.74) is 1.13. The van der Waals surface area contributed by atoms with E-state index < -0.39 is 0 Å². The predicted octanol–water partition coefficient (Wildman–Crippen LogP) is 2.20. The van der Waals surface area contributed by atoms with Crippen LogP contribution in [0.5, 0.6) is 0 Å². The van der Waals surface area contributed by atoms with Gasteiger partial charge >= 0.3 is 0 Å².